The predicted octanol–water partition coefficient (Wildman–Crippen LogP) is 1.36. The maximum atomic E-state index is 12.1. The molecule has 0 aromatic heterocycles. The van der Waals surface area contributed by atoms with Gasteiger partial charge in [0.05, 0.1) is 4.48 Å². The smallest absolute Gasteiger partial charge is 0.208 e. The highest BCUT2D eigenvalue weighted by molar-refractivity contribution is 9.12. The topological polar surface area (TPSA) is 79.0 Å². The Kier molecular flexibility index (Phi) is 3.87. The average Bonchev–Trinajstić information content (AvgIpc) is 2.86. The summed E-state index contributed by atoms with van der Waals surface area (Å²) < 4.78 is 0.466. The van der Waals surface area contributed by atoms with Gasteiger partial charge in [-0.3, -0.25) is 4.79 Å². The van der Waals surface area contributed by atoms with Crippen LogP contribution in [0.4, 0.5) is 0 Å². The third-order valence-corrected chi connectivity index (χ3v) is 5.82. The summed E-state index contributed by atoms with van der Waals surface area (Å²) in [5, 5.41) is 0. The molecule has 3 rings (SSSR count). The number of carbonyl (C=O) groups is 1. The van der Waals surface area contributed by atoms with E-state index in [1.54, 1.807) is 11.9 Å². The van der Waals surface area contributed by atoms with Crippen LogP contribution in [-0.4, -0.2) is 47.6 Å². The molecule has 2 aliphatic heterocycles. The van der Waals surface area contributed by atoms with Crippen molar-refractivity contribution >= 4 is 33.6 Å². The van der Waals surface area contributed by atoms with E-state index in [1.165, 1.54) is 0 Å². The molecule has 2 fully saturated rings. The summed E-state index contributed by atoms with van der Waals surface area (Å²) in [5.74, 6) is 3.26. The molecular weight excluding hydrogens is 348 g/mol. The fourth-order valence-corrected chi connectivity index (χ4v) is 4.09. The maximum absolute atomic E-state index is 12.1. The summed E-state index contributed by atoms with van der Waals surface area (Å²) in [5.41, 5.74) is 6.11. The summed E-state index contributed by atoms with van der Waals surface area (Å²) in [6, 6.07) is 0. The van der Waals surface area contributed by atoms with Crippen LogP contribution in [0.1, 0.15) is 32.1 Å². The van der Waals surface area contributed by atoms with E-state index in [0.29, 0.717) is 21.9 Å². The van der Waals surface area contributed by atoms with E-state index >= 15 is 0 Å². The zero-order chi connectivity index (χ0) is 15.9. The third-order valence-electron chi connectivity index (χ3n) is 5.04. The second-order valence-corrected chi connectivity index (χ2v) is 6.96. The van der Waals surface area contributed by atoms with Gasteiger partial charge in [-0.25, -0.2) is 4.79 Å². The summed E-state index contributed by atoms with van der Waals surface area (Å²) in [7, 11) is 1.78. The van der Waals surface area contributed by atoms with Gasteiger partial charge in [0.15, 0.2) is 5.94 Å². The molecule has 2 heterocycles. The number of ketones is 1. The van der Waals surface area contributed by atoms with Crippen LogP contribution in [0.15, 0.2) is 21.0 Å². The van der Waals surface area contributed by atoms with E-state index in [1.807, 2.05) is 5.94 Å². The minimum atomic E-state index is -0.115. The Hall–Kier alpha value is -1.59. The van der Waals surface area contributed by atoms with Crippen LogP contribution in [0.25, 0.3) is 0 Å². The molecule has 0 atom stereocenters. The Morgan fingerprint density at radius 1 is 1.32 bits per heavy atom. The number of nitrogens with zero attached hydrogens (tertiary/aromatic N) is 3. The van der Waals surface area contributed by atoms with Crippen LogP contribution in [0.5, 0.6) is 0 Å². The number of piperidine rings is 1. The van der Waals surface area contributed by atoms with Crippen molar-refractivity contribution in [3.63, 3.8) is 0 Å². The van der Waals surface area contributed by atoms with Crippen molar-refractivity contribution in [2.45, 2.75) is 32.1 Å². The molecule has 0 aromatic carbocycles. The number of nitrogens with two attached hydrogens (primary N) is 1. The summed E-state index contributed by atoms with van der Waals surface area (Å²) in [6.45, 7) is 1.51. The van der Waals surface area contributed by atoms with Crippen LogP contribution in [0.3, 0.4) is 0 Å². The Labute approximate surface area is 137 Å². The number of halogens is 1. The minimum absolute atomic E-state index is 0.115. The van der Waals surface area contributed by atoms with E-state index < -0.39 is 0 Å². The van der Waals surface area contributed by atoms with E-state index in [4.69, 9.17) is 5.73 Å². The highest BCUT2D eigenvalue weighted by Crippen LogP contribution is 2.43. The molecule has 7 heteroatoms. The van der Waals surface area contributed by atoms with Gasteiger partial charge in [-0.1, -0.05) is 0 Å². The van der Waals surface area contributed by atoms with Crippen LogP contribution >= 0.6 is 15.9 Å². The predicted molar refractivity (Wildman–Crippen MR) is 86.6 cm³/mol. The molecule has 3 aliphatic rings. The number of aliphatic imine (C=N–C) groups is 1. The molecule has 0 aromatic rings. The van der Waals surface area contributed by atoms with Gasteiger partial charge < -0.3 is 15.5 Å². The number of Topliss-reactive ketones (excluding diaryl/α,β-unsaturated/α-hetero) is 1. The van der Waals surface area contributed by atoms with E-state index in [9.17, 15) is 9.59 Å². The molecule has 6 nitrogen and oxygen atoms in total. The van der Waals surface area contributed by atoms with E-state index in [0.717, 1.165) is 45.2 Å². The maximum Gasteiger partial charge on any atom is 0.208 e. The lowest BCUT2D eigenvalue weighted by Gasteiger charge is -2.42. The molecule has 2 N–H and O–H groups in total. The molecule has 1 saturated heterocycles. The van der Waals surface area contributed by atoms with Gasteiger partial charge >= 0.3 is 0 Å². The molecule has 0 bridgehead atoms. The molecule has 1 saturated carbocycles. The van der Waals surface area contributed by atoms with Crippen LogP contribution in [0, 0.1) is 5.41 Å². The number of rotatable bonds is 0. The molecule has 1 spiro atoms. The first-order valence-electron chi connectivity index (χ1n) is 7.50. The van der Waals surface area contributed by atoms with Crippen molar-refractivity contribution in [2.75, 3.05) is 20.1 Å². The van der Waals surface area contributed by atoms with Gasteiger partial charge in [0.1, 0.15) is 17.3 Å². The third kappa shape index (κ3) is 2.29. The molecular formula is C15H19BrN4O2. The second kappa shape index (κ2) is 5.56. The van der Waals surface area contributed by atoms with Gasteiger partial charge in [0.2, 0.25) is 5.96 Å². The Morgan fingerprint density at radius 2 is 2.00 bits per heavy atom. The molecule has 1 aliphatic carbocycles. The quantitative estimate of drug-likeness (QED) is 0.654. The largest absolute Gasteiger partial charge is 0.383 e. The lowest BCUT2D eigenvalue weighted by molar-refractivity contribution is -0.127. The van der Waals surface area contributed by atoms with E-state index in [2.05, 4.69) is 25.8 Å². The van der Waals surface area contributed by atoms with Crippen molar-refractivity contribution in [3.05, 3.63) is 16.0 Å². The lowest BCUT2D eigenvalue weighted by atomic mass is 9.76. The average molecular weight is 367 g/mol. The number of carbonyl (C=O) groups excluding carboxylic acids is 2. The van der Waals surface area contributed by atoms with Crippen molar-refractivity contribution in [1.29, 1.82) is 0 Å². The number of likely N-dealkylation sites (N-methyl/N-ethyl adjacent to an activating group) is 1. The highest BCUT2D eigenvalue weighted by atomic mass is 79.9. The zero-order valence-electron chi connectivity index (χ0n) is 12.6. The van der Waals surface area contributed by atoms with Crippen molar-refractivity contribution in [1.82, 2.24) is 9.80 Å². The van der Waals surface area contributed by atoms with Gasteiger partial charge in [-0.2, -0.15) is 4.99 Å². The Bertz CT molecular complexity index is 625. The zero-order valence-corrected chi connectivity index (χ0v) is 14.1. The molecule has 0 amide bonds. The van der Waals surface area contributed by atoms with E-state index in [-0.39, 0.29) is 11.2 Å². The highest BCUT2D eigenvalue weighted by Gasteiger charge is 2.44. The van der Waals surface area contributed by atoms with Crippen LogP contribution in [-0.2, 0) is 9.59 Å². The lowest BCUT2D eigenvalue weighted by Crippen LogP contribution is -2.50. The number of hydrogen-bond acceptors (Lipinski definition) is 6. The fourth-order valence-electron chi connectivity index (χ4n) is 3.65. The Morgan fingerprint density at radius 3 is 2.55 bits per heavy atom. The number of allylic oxidation sites excluding steroid dienone is 1. The summed E-state index contributed by atoms with van der Waals surface area (Å²) in [4.78, 5) is 31.5. The van der Waals surface area contributed by atoms with Crippen molar-refractivity contribution in [3.8, 4) is 0 Å². The molecule has 118 valence electrons. The first-order chi connectivity index (χ1) is 10.5. The second-order valence-electron chi connectivity index (χ2n) is 6.16. The minimum Gasteiger partial charge on any atom is -0.383 e. The first-order valence-corrected chi connectivity index (χ1v) is 8.29. The van der Waals surface area contributed by atoms with Crippen molar-refractivity contribution < 1.29 is 9.59 Å². The van der Waals surface area contributed by atoms with Gasteiger partial charge in [-0.05, 0) is 41.6 Å². The van der Waals surface area contributed by atoms with Gasteiger partial charge in [0.25, 0.3) is 0 Å². The van der Waals surface area contributed by atoms with Crippen LogP contribution in [0.2, 0.25) is 0 Å². The summed E-state index contributed by atoms with van der Waals surface area (Å²) in [6.07, 6.45) is 4.45. The summed E-state index contributed by atoms with van der Waals surface area (Å²) >= 11 is 3.27. The number of likely N-dealkylation sites (tertiary alicyclic amines) is 1. The fraction of sp³-hybridized carbons (Fsp3) is 0.600. The molecule has 0 unspecified atom stereocenters. The molecule has 0 radical (unpaired) electrons. The SMILES string of the molecule is CN1C(=C=O)C(Br)=C(N)N=C1N1CCC2(CCCC2=O)CC1. The van der Waals surface area contributed by atoms with Gasteiger partial charge in [0, 0.05) is 32.0 Å². The number of hydrogen-bond donors (Lipinski definition) is 1. The van der Waals surface area contributed by atoms with Crippen molar-refractivity contribution in [2.24, 2.45) is 16.1 Å². The molecule has 22 heavy (non-hydrogen) atoms. The standard InChI is InChI=1S/C15H19BrN4O2/c1-19-10(9-21)12(16)13(17)18-14(19)20-7-5-15(6-8-20)4-2-3-11(15)22/h2-8,17H2,1H3. The first kappa shape index (κ1) is 15.3. The normalized spacial score (nSPS) is 24.9. The monoisotopic (exact) mass is 366 g/mol. The van der Waals surface area contributed by atoms with Gasteiger partial charge in [-0.15, -0.1) is 0 Å². The number of guanidine groups is 1. The van der Waals surface area contributed by atoms with Crippen LogP contribution < -0.4 is 5.73 Å². The Balaban J connectivity index is 1.80.